The van der Waals surface area contributed by atoms with Crippen LogP contribution >= 0.6 is 0 Å². The van der Waals surface area contributed by atoms with Gasteiger partial charge in [0.1, 0.15) is 30.5 Å². The highest BCUT2D eigenvalue weighted by molar-refractivity contribution is 5.80. The second kappa shape index (κ2) is 26.9. The first-order valence-electron chi connectivity index (χ1n) is 27.2. The zero-order valence-corrected chi connectivity index (χ0v) is 44.3. The third kappa shape index (κ3) is 14.5. The van der Waals surface area contributed by atoms with Crippen LogP contribution in [0.3, 0.4) is 0 Å². The van der Waals surface area contributed by atoms with E-state index in [0.717, 1.165) is 91.3 Å². The van der Waals surface area contributed by atoms with Gasteiger partial charge in [0.15, 0.2) is 17.8 Å². The molecule has 0 saturated carbocycles. The highest BCUT2D eigenvalue weighted by Crippen LogP contribution is 2.33. The van der Waals surface area contributed by atoms with Crippen LogP contribution in [0.1, 0.15) is 60.8 Å². The maximum atomic E-state index is 8.88. The van der Waals surface area contributed by atoms with Crippen LogP contribution in [-0.2, 0) is 25.7 Å². The molecule has 19 nitrogen and oxygen atoms in total. The summed E-state index contributed by atoms with van der Waals surface area (Å²) in [7, 11) is 0. The lowest BCUT2D eigenvalue weighted by atomic mass is 10.0. The number of nitrogens with two attached hydrogens (primary N) is 2. The number of para-hydroxylation sites is 1. The molecule has 0 bridgehead atoms. The molecule has 2 fully saturated rings. The van der Waals surface area contributed by atoms with Crippen molar-refractivity contribution in [1.82, 2.24) is 50.3 Å². The van der Waals surface area contributed by atoms with Crippen molar-refractivity contribution in [3.63, 3.8) is 0 Å². The molecule has 7 N–H and O–H groups in total. The van der Waals surface area contributed by atoms with Crippen molar-refractivity contribution in [2.45, 2.75) is 64.2 Å². The largest absolute Gasteiger partial charge is 0.492 e. The van der Waals surface area contributed by atoms with Crippen molar-refractivity contribution in [1.29, 1.82) is 5.26 Å². The molecule has 2 aliphatic carbocycles. The van der Waals surface area contributed by atoms with Gasteiger partial charge in [-0.1, -0.05) is 66.7 Å². The third-order valence-electron chi connectivity index (χ3n) is 14.1. The molecule has 0 spiro atoms. The second-order valence-corrected chi connectivity index (χ2v) is 19.6. The molecule has 4 aliphatic rings. The van der Waals surface area contributed by atoms with E-state index in [9.17, 15) is 0 Å². The number of nitrogens with zero attached hydrogens (tertiary/aromatic N) is 11. The number of aryl methyl sites for hydroxylation is 4. The highest BCUT2D eigenvalue weighted by atomic mass is 16.5. The Balaban J connectivity index is 0.000000143. The van der Waals surface area contributed by atoms with Gasteiger partial charge in [0, 0.05) is 29.9 Å². The average Bonchev–Trinajstić information content (AvgIpc) is 4.27. The smallest absolute Gasteiger partial charge is 0.309 e. The van der Waals surface area contributed by atoms with Gasteiger partial charge in [-0.05, 0) is 185 Å². The molecule has 5 heterocycles. The topological polar surface area (TPSA) is 241 Å². The number of anilines is 4. The predicted molar refractivity (Wildman–Crippen MR) is 308 cm³/mol. The van der Waals surface area contributed by atoms with Crippen LogP contribution in [0.4, 0.5) is 29.1 Å². The van der Waals surface area contributed by atoms with Crippen molar-refractivity contribution >= 4 is 35.1 Å². The Kier molecular flexibility index (Phi) is 18.2. The van der Waals surface area contributed by atoms with Crippen LogP contribution in [0.2, 0.25) is 0 Å². The van der Waals surface area contributed by atoms with Crippen molar-refractivity contribution in [2.75, 3.05) is 69.0 Å². The van der Waals surface area contributed by atoms with Gasteiger partial charge in [0.25, 0.3) is 0 Å². The normalized spacial score (nSPS) is 14.7. The van der Waals surface area contributed by atoms with Crippen molar-refractivity contribution in [3.8, 4) is 51.8 Å². The minimum atomic E-state index is 0.126. The van der Waals surface area contributed by atoms with Crippen LogP contribution in [0.25, 0.3) is 28.3 Å². The molecule has 404 valence electrons. The molecular weight excluding hydrogens is 993 g/mol. The summed E-state index contributed by atoms with van der Waals surface area (Å²) < 4.78 is 18.8. The van der Waals surface area contributed by atoms with Crippen LogP contribution in [0.5, 0.6) is 17.2 Å². The number of benzene rings is 5. The van der Waals surface area contributed by atoms with Gasteiger partial charge in [-0.25, -0.2) is 11.2 Å². The van der Waals surface area contributed by atoms with Gasteiger partial charge in [-0.2, -0.15) is 19.9 Å². The Labute approximate surface area is 460 Å². The Morgan fingerprint density at radius 3 is 1.73 bits per heavy atom. The summed E-state index contributed by atoms with van der Waals surface area (Å²) in [5.74, 6) is 9.47. The number of aromatic nitrogens is 7. The first-order valence-corrected chi connectivity index (χ1v) is 27.2. The molecule has 0 unspecified atom stereocenters. The standard InChI is InChI=1S/C27H30N8O.C20H22N4O2.C13H14N4/c28-26-30-27(29-21-10-12-22(13-11-21)36-17-16-34-14-3-4-15-34)33-35(26)24-18-20-8-5-7-19-6-1-2-9-23(19)25(20)32-31-24;21-16-22-20(26-19-6-2-1-3-7-19)23-17-8-10-18(11-9-17)25-15-14-24-12-4-5-13-24;14-15-12-8-10-6-3-5-9-4-1-2-7-11(9)13(10)17-16-12/h1-2,6,9-13,18H,3-5,7-8,14-17H2,(H3,28,29,30,33);1-3,6-11H,4-5,12-15H2,(H,22,23);1-2,4,7-8H,3,5-6,14H2,(H,15,16). The van der Waals surface area contributed by atoms with E-state index in [1.807, 2.05) is 97.2 Å². The fourth-order valence-corrected chi connectivity index (χ4v) is 10.1. The molecule has 2 aliphatic heterocycles. The number of rotatable bonds is 14. The molecule has 19 heteroatoms. The summed E-state index contributed by atoms with van der Waals surface area (Å²) in [6.07, 6.45) is 13.3. The van der Waals surface area contributed by atoms with E-state index in [4.69, 9.17) is 31.0 Å². The molecule has 8 aromatic rings. The predicted octanol–water partition coefficient (Wildman–Crippen LogP) is 9.23. The Morgan fingerprint density at radius 2 is 1.14 bits per heavy atom. The number of nitriles is 1. The van der Waals surface area contributed by atoms with Gasteiger partial charge in [0.2, 0.25) is 11.9 Å². The first-order chi connectivity index (χ1) is 38.9. The molecule has 79 heavy (non-hydrogen) atoms. The van der Waals surface area contributed by atoms with Gasteiger partial charge in [-0.3, -0.25) is 9.80 Å². The van der Waals surface area contributed by atoms with E-state index < -0.39 is 0 Å². The maximum absolute atomic E-state index is 8.88. The first kappa shape index (κ1) is 53.4. The van der Waals surface area contributed by atoms with Crippen molar-refractivity contribution < 1.29 is 14.2 Å². The Bertz CT molecular complexity index is 3320. The highest BCUT2D eigenvalue weighted by Gasteiger charge is 2.20. The molecular formula is C60H66N16O3. The molecule has 0 radical (unpaired) electrons. The maximum Gasteiger partial charge on any atom is 0.309 e. The monoisotopic (exact) mass is 1060 g/mol. The minimum absolute atomic E-state index is 0.126. The number of nitrogens with one attached hydrogen (secondary N) is 3. The van der Waals surface area contributed by atoms with E-state index in [-0.39, 0.29) is 12.0 Å². The SMILES string of the molecule is N#CNC(=Nc1ccc(OCCN2CCCC2)cc1)Oc1ccccc1.NNc1cc2c(nn1)-c1ccccc1CCC2.Nc1nc(Nc2ccc(OCCN3CCCC3)cc2)nn1-c1cc2c(nn1)-c1ccccc1CCC2. The number of ether oxygens (including phenoxy) is 3. The number of hydrazine groups is 1. The second-order valence-electron chi connectivity index (χ2n) is 19.6. The minimum Gasteiger partial charge on any atom is -0.492 e. The lowest BCUT2D eigenvalue weighted by molar-refractivity contribution is 0.237. The number of fused-ring (bicyclic) bond motifs is 6. The fourth-order valence-electron chi connectivity index (χ4n) is 10.1. The molecule has 12 rings (SSSR count). The third-order valence-corrected chi connectivity index (χ3v) is 14.1. The fraction of sp³-hybridized carbons (Fsp3) is 0.300. The van der Waals surface area contributed by atoms with Crippen molar-refractivity contribution in [2.24, 2.45) is 10.8 Å². The van der Waals surface area contributed by atoms with E-state index in [1.165, 1.54) is 78.8 Å². The lowest BCUT2D eigenvalue weighted by Gasteiger charge is -2.15. The van der Waals surface area contributed by atoms with Gasteiger partial charge >= 0.3 is 6.02 Å². The quantitative estimate of drug-likeness (QED) is 0.0170. The summed E-state index contributed by atoms with van der Waals surface area (Å²) in [6, 6.07) is 45.3. The van der Waals surface area contributed by atoms with Gasteiger partial charge in [0.05, 0.1) is 17.1 Å². The number of likely N-dealkylation sites (tertiary alicyclic amines) is 2. The van der Waals surface area contributed by atoms with Gasteiger partial charge in [-0.15, -0.1) is 25.5 Å². The molecule has 2 saturated heterocycles. The van der Waals surface area contributed by atoms with E-state index in [0.29, 0.717) is 42.2 Å². The zero-order valence-electron chi connectivity index (χ0n) is 44.3. The summed E-state index contributed by atoms with van der Waals surface area (Å²) in [4.78, 5) is 13.6. The molecule has 0 amide bonds. The molecule has 3 aromatic heterocycles. The van der Waals surface area contributed by atoms with E-state index >= 15 is 0 Å². The van der Waals surface area contributed by atoms with Crippen LogP contribution in [0.15, 0.2) is 145 Å². The van der Waals surface area contributed by atoms with Crippen LogP contribution in [0, 0.1) is 11.5 Å². The Hall–Kier alpha value is -8.96. The van der Waals surface area contributed by atoms with Crippen molar-refractivity contribution in [3.05, 3.63) is 162 Å². The summed E-state index contributed by atoms with van der Waals surface area (Å²) in [5.41, 5.74) is 19.6. The lowest BCUT2D eigenvalue weighted by Crippen LogP contribution is -2.25. The van der Waals surface area contributed by atoms with E-state index in [2.05, 4.69) is 97.7 Å². The van der Waals surface area contributed by atoms with Crippen LogP contribution < -0.4 is 41.8 Å². The number of aliphatic imine (C=N–C) groups is 1. The summed E-state index contributed by atoms with van der Waals surface area (Å²) >= 11 is 0. The summed E-state index contributed by atoms with van der Waals surface area (Å²) in [6.45, 7) is 8.02. The molecule has 5 aromatic carbocycles. The summed E-state index contributed by atoms with van der Waals surface area (Å²) in [5, 5.41) is 36.4. The van der Waals surface area contributed by atoms with E-state index in [1.54, 1.807) is 12.1 Å². The number of hydrogen-bond acceptors (Lipinski definition) is 17. The Morgan fingerprint density at radius 1 is 0.595 bits per heavy atom. The van der Waals surface area contributed by atoms with Crippen LogP contribution in [-0.4, -0.2) is 103 Å². The van der Waals surface area contributed by atoms with Gasteiger partial charge < -0.3 is 30.7 Å². The zero-order chi connectivity index (χ0) is 54.0. The number of hydrogen-bond donors (Lipinski definition) is 5. The molecule has 0 atom stereocenters. The average molecular weight is 1060 g/mol. The number of nitrogen functional groups attached to an aromatic ring is 2. The number of amidine groups is 1.